The summed E-state index contributed by atoms with van der Waals surface area (Å²) in [4.78, 5) is 20.3. The minimum Gasteiger partial charge on any atom is -0.389 e. The average molecular weight is 149 g/mol. The van der Waals surface area contributed by atoms with Gasteiger partial charge in [0, 0.05) is 6.08 Å². The topological polar surface area (TPSA) is 43.4 Å². The molecule has 0 radical (unpaired) electrons. The van der Waals surface area contributed by atoms with Crippen LogP contribution in [0.1, 0.15) is 0 Å². The molecule has 0 bridgehead atoms. The first-order chi connectivity index (χ1) is 4.20. The molecule has 50 valence electrons. The molecule has 0 aliphatic carbocycles. The Bertz CT molecular complexity index is 141. The first kappa shape index (κ1) is 8.17. The van der Waals surface area contributed by atoms with Gasteiger partial charge in [0.15, 0.2) is 0 Å². The number of hydrogen-bond donors (Lipinski definition) is 0. The lowest BCUT2D eigenvalue weighted by Gasteiger charge is -1.92. The van der Waals surface area contributed by atoms with E-state index < -0.39 is 11.9 Å². The zero-order chi connectivity index (χ0) is 7.28. The molecule has 0 rings (SSSR count). The molecule has 0 spiro atoms. The molecule has 0 amide bonds. The third-order valence-electron chi connectivity index (χ3n) is 0.490. The second kappa shape index (κ2) is 4.09. The van der Waals surface area contributed by atoms with Crippen LogP contribution in [0, 0.1) is 0 Å². The lowest BCUT2D eigenvalue weighted by molar-refractivity contribution is -0.154. The van der Waals surface area contributed by atoms with Gasteiger partial charge in [0.2, 0.25) is 0 Å². The molecular formula is C5H5ClO3. The highest BCUT2D eigenvalue weighted by Gasteiger charge is 2.02. The highest BCUT2D eigenvalue weighted by atomic mass is 35.5. The van der Waals surface area contributed by atoms with Gasteiger partial charge in [0.05, 0.1) is 0 Å². The largest absolute Gasteiger partial charge is 0.389 e. The number of rotatable bonds is 2. The molecule has 4 heteroatoms. The van der Waals surface area contributed by atoms with E-state index in [2.05, 4.69) is 11.3 Å². The van der Waals surface area contributed by atoms with Crippen molar-refractivity contribution in [3.05, 3.63) is 12.7 Å². The Morgan fingerprint density at radius 1 is 1.67 bits per heavy atom. The smallest absolute Gasteiger partial charge is 0.337 e. The number of alkyl halides is 1. The number of ether oxygens (including phenoxy) is 1. The highest BCUT2D eigenvalue weighted by Crippen LogP contribution is 1.83. The minimum absolute atomic E-state index is 0.320. The number of carbonyl (C=O) groups excluding carboxylic acids is 2. The molecule has 0 fully saturated rings. The number of carbonyl (C=O) groups is 2. The molecule has 0 saturated carbocycles. The molecule has 0 aromatic heterocycles. The minimum atomic E-state index is -0.777. The van der Waals surface area contributed by atoms with E-state index in [1.807, 2.05) is 0 Å². The van der Waals surface area contributed by atoms with Gasteiger partial charge in [-0.15, -0.1) is 11.6 Å². The number of esters is 2. The summed E-state index contributed by atoms with van der Waals surface area (Å²) in [6.45, 7) is 3.08. The Balaban J connectivity index is 3.59. The molecule has 0 saturated heterocycles. The molecule has 0 aliphatic heterocycles. The van der Waals surface area contributed by atoms with Gasteiger partial charge in [0.25, 0.3) is 0 Å². The van der Waals surface area contributed by atoms with Crippen molar-refractivity contribution in [1.82, 2.24) is 0 Å². The maximum atomic E-state index is 10.2. The molecule has 0 atom stereocenters. The van der Waals surface area contributed by atoms with Gasteiger partial charge in [-0.25, -0.2) is 4.79 Å². The van der Waals surface area contributed by atoms with Crippen molar-refractivity contribution in [2.24, 2.45) is 0 Å². The zero-order valence-corrected chi connectivity index (χ0v) is 5.35. The van der Waals surface area contributed by atoms with Crippen LogP contribution in [0.2, 0.25) is 0 Å². The molecule has 3 nitrogen and oxygen atoms in total. The zero-order valence-electron chi connectivity index (χ0n) is 4.59. The molecule has 0 N–H and O–H groups in total. The third-order valence-corrected chi connectivity index (χ3v) is 0.708. The van der Waals surface area contributed by atoms with E-state index in [0.717, 1.165) is 6.08 Å². The second-order valence-corrected chi connectivity index (χ2v) is 1.40. The first-order valence-electron chi connectivity index (χ1n) is 2.13. The SMILES string of the molecule is C=CC(=O)OC(=O)CCl. The van der Waals surface area contributed by atoms with E-state index >= 15 is 0 Å². The normalized spacial score (nSPS) is 8.11. The quantitative estimate of drug-likeness (QED) is 0.248. The van der Waals surface area contributed by atoms with Gasteiger partial charge in [-0.3, -0.25) is 4.79 Å². The van der Waals surface area contributed by atoms with Gasteiger partial charge in [-0.05, 0) is 0 Å². The summed E-state index contributed by atoms with van der Waals surface area (Å²) in [5.41, 5.74) is 0. The lowest BCUT2D eigenvalue weighted by atomic mass is 10.6. The van der Waals surface area contributed by atoms with E-state index in [1.54, 1.807) is 0 Å². The predicted octanol–water partition coefficient (Wildman–Crippen LogP) is 0.481. The predicted molar refractivity (Wildman–Crippen MR) is 32.0 cm³/mol. The van der Waals surface area contributed by atoms with Crippen molar-refractivity contribution in [2.45, 2.75) is 0 Å². The molecule has 0 aliphatic rings. The van der Waals surface area contributed by atoms with Gasteiger partial charge in [0.1, 0.15) is 5.88 Å². The van der Waals surface area contributed by atoms with E-state index in [0.29, 0.717) is 0 Å². The van der Waals surface area contributed by atoms with Crippen molar-refractivity contribution in [3.8, 4) is 0 Å². The summed E-state index contributed by atoms with van der Waals surface area (Å²) in [5, 5.41) is 0. The van der Waals surface area contributed by atoms with Crippen LogP contribution in [0.4, 0.5) is 0 Å². The summed E-state index contributed by atoms with van der Waals surface area (Å²) >= 11 is 4.99. The molecule has 0 aromatic carbocycles. The Labute approximate surface area is 57.2 Å². The Kier molecular flexibility index (Phi) is 3.71. The van der Waals surface area contributed by atoms with Crippen LogP contribution in [0.15, 0.2) is 12.7 Å². The maximum absolute atomic E-state index is 10.2. The summed E-state index contributed by atoms with van der Waals surface area (Å²) in [5.74, 6) is -1.86. The van der Waals surface area contributed by atoms with Gasteiger partial charge in [-0.1, -0.05) is 6.58 Å². The standard InChI is InChI=1S/C5H5ClO3/c1-2-4(7)9-5(8)3-6/h2H,1,3H2. The fourth-order valence-electron chi connectivity index (χ4n) is 0.181. The van der Waals surface area contributed by atoms with Gasteiger partial charge < -0.3 is 4.74 Å². The van der Waals surface area contributed by atoms with Crippen molar-refractivity contribution in [1.29, 1.82) is 0 Å². The van der Waals surface area contributed by atoms with Crippen LogP contribution < -0.4 is 0 Å². The van der Waals surface area contributed by atoms with Crippen LogP contribution in [0.25, 0.3) is 0 Å². The van der Waals surface area contributed by atoms with Crippen LogP contribution >= 0.6 is 11.6 Å². The highest BCUT2D eigenvalue weighted by molar-refractivity contribution is 6.27. The fourth-order valence-corrected chi connectivity index (χ4v) is 0.236. The van der Waals surface area contributed by atoms with E-state index in [4.69, 9.17) is 11.6 Å². The van der Waals surface area contributed by atoms with Crippen molar-refractivity contribution in [2.75, 3.05) is 5.88 Å². The van der Waals surface area contributed by atoms with Crippen LogP contribution in [0.5, 0.6) is 0 Å². The molecule has 9 heavy (non-hydrogen) atoms. The molecular weight excluding hydrogens is 144 g/mol. The van der Waals surface area contributed by atoms with Crippen LogP contribution in [-0.2, 0) is 14.3 Å². The number of hydrogen-bond acceptors (Lipinski definition) is 3. The summed E-state index contributed by atoms with van der Waals surface area (Å²) in [6.07, 6.45) is 0.893. The van der Waals surface area contributed by atoms with Crippen molar-refractivity contribution < 1.29 is 14.3 Å². The van der Waals surface area contributed by atoms with Gasteiger partial charge >= 0.3 is 11.9 Å². The summed E-state index contributed by atoms with van der Waals surface area (Å²) < 4.78 is 4.02. The Morgan fingerprint density at radius 3 is 2.56 bits per heavy atom. The van der Waals surface area contributed by atoms with Crippen LogP contribution in [-0.4, -0.2) is 17.8 Å². The third kappa shape index (κ3) is 3.73. The second-order valence-electron chi connectivity index (χ2n) is 1.13. The lowest BCUT2D eigenvalue weighted by Crippen LogP contribution is -2.10. The maximum Gasteiger partial charge on any atom is 0.337 e. The Morgan fingerprint density at radius 2 is 2.22 bits per heavy atom. The first-order valence-corrected chi connectivity index (χ1v) is 2.67. The number of halogens is 1. The average Bonchev–Trinajstić information content (AvgIpc) is 1.87. The summed E-state index contributed by atoms with van der Waals surface area (Å²) in [7, 11) is 0. The van der Waals surface area contributed by atoms with E-state index in [1.165, 1.54) is 0 Å². The summed E-state index contributed by atoms with van der Waals surface area (Å²) in [6, 6.07) is 0. The Hall–Kier alpha value is -0.830. The molecule has 0 heterocycles. The van der Waals surface area contributed by atoms with E-state index in [-0.39, 0.29) is 5.88 Å². The van der Waals surface area contributed by atoms with Crippen molar-refractivity contribution in [3.63, 3.8) is 0 Å². The van der Waals surface area contributed by atoms with E-state index in [9.17, 15) is 9.59 Å². The van der Waals surface area contributed by atoms with Crippen LogP contribution in [0.3, 0.4) is 0 Å². The monoisotopic (exact) mass is 148 g/mol. The molecule has 0 aromatic rings. The van der Waals surface area contributed by atoms with Crippen molar-refractivity contribution >= 4 is 23.5 Å². The van der Waals surface area contributed by atoms with Gasteiger partial charge in [-0.2, -0.15) is 0 Å². The fraction of sp³-hybridized carbons (Fsp3) is 0.200. The molecule has 0 unspecified atom stereocenters.